The smallest absolute Gasteiger partial charge is 0.138 e. The van der Waals surface area contributed by atoms with Crippen LogP contribution in [0.4, 0.5) is 0 Å². The highest BCUT2D eigenvalue weighted by Crippen LogP contribution is 2.31. The second kappa shape index (κ2) is 5.82. The first-order chi connectivity index (χ1) is 8.58. The van der Waals surface area contributed by atoms with Gasteiger partial charge in [0, 0.05) is 8.95 Å². The summed E-state index contributed by atoms with van der Waals surface area (Å²) >= 11 is 11.9. The number of ether oxygens (including phenoxy) is 1. The van der Waals surface area contributed by atoms with Crippen LogP contribution in [0.15, 0.2) is 51.4 Å². The van der Waals surface area contributed by atoms with Crippen LogP contribution in [0.2, 0.25) is 0 Å². The maximum absolute atomic E-state index is 5.80. The Hall–Kier alpha value is -0.910. The minimum absolute atomic E-state index is 0.299. The van der Waals surface area contributed by atoms with Crippen LogP contribution in [0.5, 0.6) is 11.5 Å². The van der Waals surface area contributed by atoms with Gasteiger partial charge < -0.3 is 10.5 Å². The molecule has 2 N–H and O–H groups in total. The largest absolute Gasteiger partial charge is 0.457 e. The molecular weight excluding hydrogens is 378 g/mol. The Balaban J connectivity index is 2.40. The molecule has 0 atom stereocenters. The molecule has 0 spiro atoms. The van der Waals surface area contributed by atoms with Gasteiger partial charge in [-0.15, -0.1) is 0 Å². The maximum atomic E-state index is 5.80. The predicted octanol–water partition coefficient (Wildman–Crippen LogP) is 4.64. The molecule has 0 heterocycles. The summed E-state index contributed by atoms with van der Waals surface area (Å²) in [5, 5.41) is 0. The van der Waals surface area contributed by atoms with Crippen LogP contribution in [-0.4, -0.2) is 4.99 Å². The average Bonchev–Trinajstić information content (AvgIpc) is 2.28. The zero-order valence-corrected chi connectivity index (χ0v) is 13.2. The summed E-state index contributed by atoms with van der Waals surface area (Å²) in [6.45, 7) is 0. The number of benzene rings is 2. The van der Waals surface area contributed by atoms with Gasteiger partial charge in [-0.05, 0) is 46.3 Å². The number of nitrogens with two attached hydrogens (primary N) is 1. The highest BCUT2D eigenvalue weighted by atomic mass is 79.9. The third kappa shape index (κ3) is 3.10. The van der Waals surface area contributed by atoms with Gasteiger partial charge in [0.2, 0.25) is 0 Å². The molecule has 0 aliphatic heterocycles. The van der Waals surface area contributed by atoms with Crippen molar-refractivity contribution in [1.29, 1.82) is 0 Å². The molecule has 0 aliphatic rings. The summed E-state index contributed by atoms with van der Waals surface area (Å²) in [6.07, 6.45) is 0. The van der Waals surface area contributed by atoms with E-state index in [1.54, 1.807) is 0 Å². The van der Waals surface area contributed by atoms with Crippen molar-refractivity contribution in [3.8, 4) is 11.5 Å². The van der Waals surface area contributed by atoms with Crippen molar-refractivity contribution in [1.82, 2.24) is 0 Å². The van der Waals surface area contributed by atoms with E-state index in [4.69, 9.17) is 22.7 Å². The molecule has 2 rings (SSSR count). The Bertz CT molecular complexity index is 601. The van der Waals surface area contributed by atoms with E-state index in [9.17, 15) is 0 Å². The van der Waals surface area contributed by atoms with E-state index in [-0.39, 0.29) is 0 Å². The lowest BCUT2D eigenvalue weighted by atomic mass is 10.2. The van der Waals surface area contributed by atoms with Crippen molar-refractivity contribution in [2.24, 2.45) is 5.73 Å². The Labute approximate surface area is 127 Å². The first-order valence-corrected chi connectivity index (χ1v) is 7.09. The normalized spacial score (nSPS) is 10.1. The molecule has 0 unspecified atom stereocenters. The van der Waals surface area contributed by atoms with E-state index >= 15 is 0 Å². The summed E-state index contributed by atoms with van der Waals surface area (Å²) < 4.78 is 7.58. The Morgan fingerprint density at radius 2 is 1.83 bits per heavy atom. The Morgan fingerprint density at radius 3 is 2.50 bits per heavy atom. The fourth-order valence-electron chi connectivity index (χ4n) is 1.49. The molecule has 0 aliphatic carbocycles. The third-order valence-corrected chi connectivity index (χ3v) is 3.60. The molecule has 0 aromatic heterocycles. The number of hydrogen-bond donors (Lipinski definition) is 1. The Morgan fingerprint density at radius 1 is 1.11 bits per heavy atom. The molecule has 2 aromatic carbocycles. The fourth-order valence-corrected chi connectivity index (χ4v) is 2.77. The van der Waals surface area contributed by atoms with E-state index < -0.39 is 0 Å². The van der Waals surface area contributed by atoms with Crippen LogP contribution >= 0.6 is 44.1 Å². The molecule has 0 bridgehead atoms. The van der Waals surface area contributed by atoms with Gasteiger partial charge in [-0.3, -0.25) is 0 Å². The topological polar surface area (TPSA) is 35.2 Å². The van der Waals surface area contributed by atoms with Crippen molar-refractivity contribution >= 4 is 49.1 Å². The molecule has 0 saturated carbocycles. The van der Waals surface area contributed by atoms with E-state index in [2.05, 4.69) is 31.9 Å². The van der Waals surface area contributed by atoms with Gasteiger partial charge in [0.25, 0.3) is 0 Å². The van der Waals surface area contributed by atoms with Gasteiger partial charge in [-0.25, -0.2) is 0 Å². The first kappa shape index (κ1) is 13.5. The lowest BCUT2D eigenvalue weighted by molar-refractivity contribution is 0.481. The second-order valence-electron chi connectivity index (χ2n) is 3.54. The summed E-state index contributed by atoms with van der Waals surface area (Å²) in [6, 6.07) is 13.2. The van der Waals surface area contributed by atoms with E-state index in [1.165, 1.54) is 0 Å². The van der Waals surface area contributed by atoms with Gasteiger partial charge >= 0.3 is 0 Å². The van der Waals surface area contributed by atoms with Gasteiger partial charge in [-0.2, -0.15) is 0 Å². The summed E-state index contributed by atoms with van der Waals surface area (Å²) in [4.78, 5) is 0.299. The van der Waals surface area contributed by atoms with E-state index in [1.807, 2.05) is 42.5 Å². The lowest BCUT2D eigenvalue weighted by Crippen LogP contribution is -2.11. The van der Waals surface area contributed by atoms with E-state index in [0.29, 0.717) is 16.3 Å². The fraction of sp³-hybridized carbons (Fsp3) is 0. The predicted molar refractivity (Wildman–Crippen MR) is 84.2 cm³/mol. The van der Waals surface area contributed by atoms with Crippen LogP contribution in [-0.2, 0) is 0 Å². The van der Waals surface area contributed by atoms with Crippen molar-refractivity contribution in [3.05, 3.63) is 57.0 Å². The molecule has 5 heteroatoms. The van der Waals surface area contributed by atoms with Crippen LogP contribution in [0.25, 0.3) is 0 Å². The molecule has 0 amide bonds. The molecular formula is C13H9Br2NOS. The van der Waals surface area contributed by atoms with Crippen LogP contribution in [0, 0.1) is 0 Å². The zero-order chi connectivity index (χ0) is 13.1. The zero-order valence-electron chi connectivity index (χ0n) is 9.19. The summed E-state index contributed by atoms with van der Waals surface area (Å²) in [7, 11) is 0. The standard InChI is InChI=1S/C13H9Br2NOS/c14-8-3-1-4-9(7-8)17-11-6-2-5-10(15)12(11)13(16)18/h1-7H,(H2,16,18). The van der Waals surface area contributed by atoms with Crippen LogP contribution in [0.3, 0.4) is 0 Å². The molecule has 0 fully saturated rings. The number of halogens is 2. The minimum atomic E-state index is 0.299. The SMILES string of the molecule is NC(=S)c1c(Br)cccc1Oc1cccc(Br)c1. The summed E-state index contributed by atoms with van der Waals surface area (Å²) in [5.41, 5.74) is 6.41. The monoisotopic (exact) mass is 385 g/mol. The number of rotatable bonds is 3. The molecule has 0 radical (unpaired) electrons. The van der Waals surface area contributed by atoms with E-state index in [0.717, 1.165) is 14.7 Å². The lowest BCUT2D eigenvalue weighted by Gasteiger charge is -2.11. The highest BCUT2D eigenvalue weighted by Gasteiger charge is 2.11. The minimum Gasteiger partial charge on any atom is -0.457 e. The van der Waals surface area contributed by atoms with Gasteiger partial charge in [0.15, 0.2) is 0 Å². The van der Waals surface area contributed by atoms with Crippen LogP contribution in [0.1, 0.15) is 5.56 Å². The molecule has 18 heavy (non-hydrogen) atoms. The highest BCUT2D eigenvalue weighted by molar-refractivity contribution is 9.10. The Kier molecular flexibility index (Phi) is 4.37. The van der Waals surface area contributed by atoms with Gasteiger partial charge in [-0.1, -0.05) is 40.3 Å². The maximum Gasteiger partial charge on any atom is 0.138 e. The molecule has 92 valence electrons. The molecule has 2 nitrogen and oxygen atoms in total. The third-order valence-electron chi connectivity index (χ3n) is 2.25. The number of hydrogen-bond acceptors (Lipinski definition) is 2. The first-order valence-electron chi connectivity index (χ1n) is 5.09. The van der Waals surface area contributed by atoms with Crippen LogP contribution < -0.4 is 10.5 Å². The van der Waals surface area contributed by atoms with Gasteiger partial charge in [0.1, 0.15) is 16.5 Å². The number of thiocarbonyl (C=S) groups is 1. The van der Waals surface area contributed by atoms with Crippen molar-refractivity contribution in [2.45, 2.75) is 0 Å². The molecule has 2 aromatic rings. The summed E-state index contributed by atoms with van der Waals surface area (Å²) in [5.74, 6) is 1.36. The second-order valence-corrected chi connectivity index (χ2v) is 5.75. The molecule has 0 saturated heterocycles. The average molecular weight is 387 g/mol. The quantitative estimate of drug-likeness (QED) is 0.780. The van der Waals surface area contributed by atoms with Crippen molar-refractivity contribution in [3.63, 3.8) is 0 Å². The van der Waals surface area contributed by atoms with Gasteiger partial charge in [0.05, 0.1) is 5.56 Å². The van der Waals surface area contributed by atoms with Crippen molar-refractivity contribution in [2.75, 3.05) is 0 Å². The van der Waals surface area contributed by atoms with Crippen molar-refractivity contribution < 1.29 is 4.74 Å².